The van der Waals surface area contributed by atoms with Crippen molar-refractivity contribution in [2.75, 3.05) is 0 Å². The van der Waals surface area contributed by atoms with Crippen molar-refractivity contribution in [1.29, 1.82) is 0 Å². The summed E-state index contributed by atoms with van der Waals surface area (Å²) in [4.78, 5) is 0. The van der Waals surface area contributed by atoms with Gasteiger partial charge in [0, 0.05) is 32.9 Å². The van der Waals surface area contributed by atoms with Crippen molar-refractivity contribution in [3.63, 3.8) is 0 Å². The van der Waals surface area contributed by atoms with Gasteiger partial charge in [-0.1, -0.05) is 269 Å². The zero-order chi connectivity index (χ0) is 55.6. The van der Waals surface area contributed by atoms with Crippen molar-refractivity contribution >= 4 is 118 Å². The maximum Gasteiger partial charge on any atom is 0.0776 e. The first-order valence-corrected chi connectivity index (χ1v) is 42.7. The molecule has 13 rings (SSSR count). The molecule has 0 radical (unpaired) electrons. The average molecular weight is 1100 g/mol. The van der Waals surface area contributed by atoms with Crippen LogP contribution in [0.1, 0.15) is 0 Å². The van der Waals surface area contributed by atoms with Gasteiger partial charge < -0.3 is 9.13 Å². The van der Waals surface area contributed by atoms with Gasteiger partial charge in [0.15, 0.2) is 0 Å². The molecule has 0 saturated carbocycles. The van der Waals surface area contributed by atoms with E-state index in [9.17, 15) is 0 Å². The number of hydrogen-bond donors (Lipinski definition) is 0. The van der Waals surface area contributed by atoms with Crippen LogP contribution in [0, 0.1) is 0 Å². The quantitative estimate of drug-likeness (QED) is 0.0954. The molecular weight excluding hydrogens is 1030 g/mol. The van der Waals surface area contributed by atoms with Crippen LogP contribution >= 0.6 is 0 Å². The zero-order valence-electron chi connectivity index (χ0n) is 48.7. The van der Waals surface area contributed by atoms with Crippen LogP contribution in [-0.2, 0) is 0 Å². The van der Waals surface area contributed by atoms with E-state index in [1.807, 2.05) is 0 Å². The Morgan fingerprint density at radius 2 is 0.475 bits per heavy atom. The van der Waals surface area contributed by atoms with E-state index in [1.165, 1.54) is 142 Å². The van der Waals surface area contributed by atoms with E-state index in [2.05, 4.69) is 306 Å². The van der Waals surface area contributed by atoms with Gasteiger partial charge in [-0.05, 0) is 115 Å². The van der Waals surface area contributed by atoms with E-state index in [0.717, 1.165) is 0 Å². The summed E-state index contributed by atoms with van der Waals surface area (Å²) in [7, 11) is -6.48. The Balaban J connectivity index is 1.13. The minimum atomic E-state index is -1.62. The highest BCUT2D eigenvalue weighted by Gasteiger charge is 2.27. The first-order chi connectivity index (χ1) is 38.2. The van der Waals surface area contributed by atoms with Crippen molar-refractivity contribution in [2.45, 2.75) is 78.6 Å². The minimum Gasteiger partial charge on any atom is -0.309 e. The lowest BCUT2D eigenvalue weighted by molar-refractivity contribution is 1.18. The molecule has 0 atom stereocenters. The molecule has 0 aliphatic carbocycles. The lowest BCUT2D eigenvalue weighted by Gasteiger charge is -2.21. The van der Waals surface area contributed by atoms with Gasteiger partial charge in [0.2, 0.25) is 0 Å². The predicted molar refractivity (Wildman–Crippen MR) is 364 cm³/mol. The molecular formula is C74H72N2Si4. The molecule has 0 spiro atoms. The minimum absolute atomic E-state index is 1.17. The number of fused-ring (bicyclic) bond motifs is 8. The Hall–Kier alpha value is -7.59. The number of rotatable bonds is 10. The number of benzene rings is 11. The van der Waals surface area contributed by atoms with Crippen molar-refractivity contribution < 1.29 is 0 Å². The molecule has 0 aliphatic rings. The molecule has 2 aromatic heterocycles. The summed E-state index contributed by atoms with van der Waals surface area (Å²) in [5.41, 5.74) is 17.1. The molecule has 0 bridgehead atoms. The van der Waals surface area contributed by atoms with Crippen molar-refractivity contribution in [3.05, 3.63) is 218 Å². The molecule has 0 saturated heterocycles. The van der Waals surface area contributed by atoms with Gasteiger partial charge in [-0.2, -0.15) is 0 Å². The molecule has 0 aliphatic heterocycles. The first-order valence-electron chi connectivity index (χ1n) is 28.7. The molecule has 0 N–H and O–H groups in total. The molecule has 0 unspecified atom stereocenters. The fraction of sp³-hybridized carbons (Fsp3) is 0.162. The Bertz CT molecular complexity index is 4140. The number of aromatic nitrogens is 2. The average Bonchev–Trinajstić information content (AvgIpc) is 4.03. The Morgan fingerprint density at radius 3 is 0.750 bits per heavy atom. The number of hydrogen-bond acceptors (Lipinski definition) is 0. The summed E-state index contributed by atoms with van der Waals surface area (Å²) in [6.07, 6.45) is 0. The fourth-order valence-electron chi connectivity index (χ4n) is 12.5. The van der Waals surface area contributed by atoms with Crippen LogP contribution in [0.25, 0.3) is 121 Å². The van der Waals surface area contributed by atoms with Gasteiger partial charge in [-0.15, -0.1) is 0 Å². The monoisotopic (exact) mass is 1100 g/mol. The van der Waals surface area contributed by atoms with Crippen LogP contribution in [-0.4, -0.2) is 41.4 Å². The van der Waals surface area contributed by atoms with Crippen LogP contribution in [0.15, 0.2) is 218 Å². The van der Waals surface area contributed by atoms with Crippen molar-refractivity contribution in [2.24, 2.45) is 0 Å². The molecule has 80 heavy (non-hydrogen) atoms. The number of nitrogens with zero attached hydrogens (tertiary/aromatic N) is 2. The largest absolute Gasteiger partial charge is 0.309 e. The highest BCUT2D eigenvalue weighted by Crippen LogP contribution is 2.47. The van der Waals surface area contributed by atoms with Crippen LogP contribution in [0.4, 0.5) is 0 Å². The Labute approximate surface area is 477 Å². The topological polar surface area (TPSA) is 9.86 Å². The van der Waals surface area contributed by atoms with Crippen molar-refractivity contribution in [3.8, 4) is 55.9 Å². The maximum atomic E-state index is 2.55. The smallest absolute Gasteiger partial charge is 0.0776 e. The molecule has 2 nitrogen and oxygen atoms in total. The Morgan fingerprint density at radius 1 is 0.212 bits per heavy atom. The lowest BCUT2D eigenvalue weighted by atomic mass is 9.85. The molecule has 0 fully saturated rings. The standard InChI is InChI=1S/C74H72N2Si4/c1-77(2,3)57-33-39-69-63(45-57)64-46-58(78(4,5)6)34-40-70(64)75(69)55-31-37-61-67(43-55)73(53-27-23-51(24-28-53)49-19-15-13-16-20-49)62-38-32-56(44-68(62)74(61)54-29-25-52(26-30-54)50-21-17-14-18-22-50)76-71-41-35-59(79(7,8)9)47-65(71)66-48-60(80(10,11)12)36-42-72(66)76/h13-48H,1-12H3. The fourth-order valence-corrected chi connectivity index (χ4v) is 17.1. The van der Waals surface area contributed by atoms with Crippen LogP contribution in [0.2, 0.25) is 78.6 Å². The highest BCUT2D eigenvalue weighted by molar-refractivity contribution is 6.90. The zero-order valence-corrected chi connectivity index (χ0v) is 52.7. The van der Waals surface area contributed by atoms with E-state index in [1.54, 1.807) is 0 Å². The molecule has 11 aromatic carbocycles. The van der Waals surface area contributed by atoms with E-state index >= 15 is 0 Å². The second-order valence-electron chi connectivity index (χ2n) is 26.7. The van der Waals surface area contributed by atoms with E-state index < -0.39 is 32.3 Å². The van der Waals surface area contributed by atoms with Gasteiger partial charge in [0.1, 0.15) is 0 Å². The van der Waals surface area contributed by atoms with Crippen molar-refractivity contribution in [1.82, 2.24) is 9.13 Å². The first kappa shape index (κ1) is 51.8. The lowest BCUT2D eigenvalue weighted by Crippen LogP contribution is -2.37. The molecule has 2 heterocycles. The van der Waals surface area contributed by atoms with E-state index in [0.29, 0.717) is 0 Å². The van der Waals surface area contributed by atoms with Crippen LogP contribution in [0.3, 0.4) is 0 Å². The van der Waals surface area contributed by atoms with Gasteiger partial charge in [-0.25, -0.2) is 0 Å². The normalized spacial score (nSPS) is 12.8. The van der Waals surface area contributed by atoms with Crippen LogP contribution in [0.5, 0.6) is 0 Å². The van der Waals surface area contributed by atoms with Crippen LogP contribution < -0.4 is 20.7 Å². The van der Waals surface area contributed by atoms with Gasteiger partial charge >= 0.3 is 0 Å². The summed E-state index contributed by atoms with van der Waals surface area (Å²) in [5.74, 6) is 0. The van der Waals surface area contributed by atoms with E-state index in [4.69, 9.17) is 0 Å². The SMILES string of the molecule is C[Si](C)(C)c1ccc2c(c1)c1cc([Si](C)(C)C)ccc1n2-c1ccc2c(-c3ccc(-c4ccccc4)cc3)c3cc(-n4c5ccc([Si](C)(C)C)cc5c5cc([Si](C)(C)C)ccc54)ccc3c(-c3ccc(-c4ccccc4)cc3)c2c1. The third kappa shape index (κ3) is 8.97. The third-order valence-electron chi connectivity index (χ3n) is 17.2. The summed E-state index contributed by atoms with van der Waals surface area (Å²) >= 11 is 0. The molecule has 0 amide bonds. The van der Waals surface area contributed by atoms with E-state index in [-0.39, 0.29) is 0 Å². The third-order valence-corrected chi connectivity index (χ3v) is 25.3. The second kappa shape index (κ2) is 19.0. The molecule has 13 aromatic rings. The molecule has 6 heteroatoms. The molecule has 394 valence electrons. The summed E-state index contributed by atoms with van der Waals surface area (Å²) in [5, 5.41) is 16.3. The van der Waals surface area contributed by atoms with Gasteiger partial charge in [0.25, 0.3) is 0 Å². The summed E-state index contributed by atoms with van der Waals surface area (Å²) < 4.78 is 5.11. The van der Waals surface area contributed by atoms with Gasteiger partial charge in [0.05, 0.1) is 54.4 Å². The summed E-state index contributed by atoms with van der Waals surface area (Å²) in [6.45, 7) is 29.6. The second-order valence-corrected chi connectivity index (χ2v) is 47.0. The predicted octanol–water partition coefficient (Wildman–Crippen LogP) is 19.0. The Kier molecular flexibility index (Phi) is 12.3. The summed E-state index contributed by atoms with van der Waals surface area (Å²) in [6, 6.07) is 84.5. The highest BCUT2D eigenvalue weighted by atomic mass is 28.3. The maximum absolute atomic E-state index is 2.55. The van der Waals surface area contributed by atoms with Gasteiger partial charge in [-0.3, -0.25) is 0 Å².